The maximum atomic E-state index is 11.0. The van der Waals surface area contributed by atoms with Crippen LogP contribution in [-0.4, -0.2) is 39.9 Å². The van der Waals surface area contributed by atoms with E-state index in [9.17, 15) is 4.79 Å². The molecule has 3 rings (SSSR count). The first-order valence-electron chi connectivity index (χ1n) is 6.79. The van der Waals surface area contributed by atoms with Crippen LogP contribution in [0, 0.1) is 6.92 Å². The number of hydrogen-bond acceptors (Lipinski definition) is 5. The molecule has 1 aromatic carbocycles. The van der Waals surface area contributed by atoms with Crippen molar-refractivity contribution in [1.82, 2.24) is 14.8 Å². The number of aromatic carboxylic acids is 1. The van der Waals surface area contributed by atoms with Crippen LogP contribution in [0.25, 0.3) is 10.2 Å². The van der Waals surface area contributed by atoms with E-state index in [1.54, 1.807) is 22.1 Å². The smallest absolute Gasteiger partial charge is 0.356 e. The number of benzene rings is 1. The zero-order valence-electron chi connectivity index (χ0n) is 12.6. The topological polar surface area (TPSA) is 71.2 Å². The van der Waals surface area contributed by atoms with E-state index in [-0.39, 0.29) is 5.69 Å². The predicted molar refractivity (Wildman–Crippen MR) is 87.0 cm³/mol. The summed E-state index contributed by atoms with van der Waals surface area (Å²) in [6.45, 7) is 2.36. The fourth-order valence-corrected chi connectivity index (χ4v) is 3.19. The Bertz CT molecular complexity index is 850. The molecule has 0 fully saturated rings. The van der Waals surface area contributed by atoms with Crippen LogP contribution in [0.1, 0.15) is 21.7 Å². The van der Waals surface area contributed by atoms with Crippen molar-refractivity contribution in [3.63, 3.8) is 0 Å². The van der Waals surface area contributed by atoms with Gasteiger partial charge in [-0.1, -0.05) is 23.5 Å². The number of aryl methyl sites for hydroxylation is 1. The third kappa shape index (κ3) is 2.55. The molecule has 0 atom stereocenters. The molecule has 0 bridgehead atoms. The summed E-state index contributed by atoms with van der Waals surface area (Å²) in [5.74, 6) is -1.01. The molecule has 2 heterocycles. The van der Waals surface area contributed by atoms with E-state index < -0.39 is 5.97 Å². The molecule has 0 aliphatic carbocycles. The van der Waals surface area contributed by atoms with Crippen LogP contribution in [0.4, 0.5) is 5.13 Å². The first-order chi connectivity index (χ1) is 10.5. The lowest BCUT2D eigenvalue weighted by atomic mass is 10.2. The fraction of sp³-hybridized carbons (Fsp3) is 0.267. The minimum absolute atomic E-state index is 0.0666. The minimum Gasteiger partial charge on any atom is -0.476 e. The quantitative estimate of drug-likeness (QED) is 0.801. The number of fused-ring (bicyclic) bond motifs is 1. The van der Waals surface area contributed by atoms with Crippen molar-refractivity contribution < 1.29 is 9.90 Å². The average molecular weight is 316 g/mol. The molecule has 2 aromatic heterocycles. The van der Waals surface area contributed by atoms with E-state index in [0.717, 1.165) is 26.6 Å². The van der Waals surface area contributed by atoms with E-state index in [4.69, 9.17) is 5.11 Å². The summed E-state index contributed by atoms with van der Waals surface area (Å²) in [7, 11) is 3.93. The van der Waals surface area contributed by atoms with Crippen LogP contribution in [0.2, 0.25) is 0 Å². The van der Waals surface area contributed by atoms with Gasteiger partial charge in [-0.2, -0.15) is 5.10 Å². The van der Waals surface area contributed by atoms with E-state index >= 15 is 0 Å². The Morgan fingerprint density at radius 2 is 2.18 bits per heavy atom. The maximum Gasteiger partial charge on any atom is 0.356 e. The van der Waals surface area contributed by atoms with E-state index in [1.807, 2.05) is 44.1 Å². The lowest BCUT2D eigenvalue weighted by Crippen LogP contribution is -2.08. The van der Waals surface area contributed by atoms with Crippen molar-refractivity contribution in [2.75, 3.05) is 19.0 Å². The van der Waals surface area contributed by atoms with Crippen LogP contribution < -0.4 is 4.90 Å². The molecule has 0 saturated carbocycles. The zero-order chi connectivity index (χ0) is 15.9. The monoisotopic (exact) mass is 316 g/mol. The molecule has 0 aliphatic rings. The molecule has 0 radical (unpaired) electrons. The number of carboxylic acid groups (broad SMARTS) is 1. The molecular formula is C15H16N4O2S. The molecule has 0 spiro atoms. The third-order valence-electron chi connectivity index (χ3n) is 3.39. The summed E-state index contributed by atoms with van der Waals surface area (Å²) in [6.07, 6.45) is 0. The predicted octanol–water partition coefficient (Wildman–Crippen LogP) is 2.61. The van der Waals surface area contributed by atoms with Crippen LogP contribution in [0.5, 0.6) is 0 Å². The van der Waals surface area contributed by atoms with Gasteiger partial charge in [-0.15, -0.1) is 0 Å². The summed E-state index contributed by atoms with van der Waals surface area (Å²) in [4.78, 5) is 17.7. The van der Waals surface area contributed by atoms with Gasteiger partial charge < -0.3 is 10.0 Å². The first kappa shape index (κ1) is 14.5. The Labute approximate surface area is 131 Å². The van der Waals surface area contributed by atoms with Gasteiger partial charge in [-0.3, -0.25) is 4.68 Å². The van der Waals surface area contributed by atoms with Crippen LogP contribution >= 0.6 is 11.3 Å². The molecule has 22 heavy (non-hydrogen) atoms. The van der Waals surface area contributed by atoms with Gasteiger partial charge in [-0.25, -0.2) is 9.78 Å². The summed E-state index contributed by atoms with van der Waals surface area (Å²) < 4.78 is 2.82. The van der Waals surface area contributed by atoms with Gasteiger partial charge in [0.25, 0.3) is 0 Å². The molecule has 0 amide bonds. The number of hydrogen-bond donors (Lipinski definition) is 1. The molecule has 0 aliphatic heterocycles. The van der Waals surface area contributed by atoms with Crippen molar-refractivity contribution in [2.24, 2.45) is 0 Å². The average Bonchev–Trinajstić information content (AvgIpc) is 3.04. The SMILES string of the molecule is Cc1cc(C(=O)O)nn1Cc1cccc2sc(N(C)C)nc12. The number of rotatable bonds is 4. The second kappa shape index (κ2) is 5.42. The van der Waals surface area contributed by atoms with E-state index in [2.05, 4.69) is 10.1 Å². The molecule has 6 nitrogen and oxygen atoms in total. The second-order valence-corrected chi connectivity index (χ2v) is 6.30. The van der Waals surface area contributed by atoms with Gasteiger partial charge in [0.2, 0.25) is 0 Å². The largest absolute Gasteiger partial charge is 0.476 e. The highest BCUT2D eigenvalue weighted by Crippen LogP contribution is 2.30. The Morgan fingerprint density at radius 3 is 2.82 bits per heavy atom. The number of nitrogens with zero attached hydrogens (tertiary/aromatic N) is 4. The Balaban J connectivity index is 2.02. The molecule has 114 valence electrons. The number of carbonyl (C=O) groups is 1. The van der Waals surface area contributed by atoms with Crippen molar-refractivity contribution >= 4 is 32.7 Å². The summed E-state index contributed by atoms with van der Waals surface area (Å²) in [5.41, 5.74) is 2.86. The van der Waals surface area contributed by atoms with Crippen molar-refractivity contribution in [3.8, 4) is 0 Å². The molecule has 7 heteroatoms. The number of anilines is 1. The molecule has 1 N–H and O–H groups in total. The highest BCUT2D eigenvalue weighted by molar-refractivity contribution is 7.22. The van der Waals surface area contributed by atoms with Crippen molar-refractivity contribution in [3.05, 3.63) is 41.2 Å². The highest BCUT2D eigenvalue weighted by atomic mass is 32.1. The van der Waals surface area contributed by atoms with Crippen LogP contribution in [-0.2, 0) is 6.54 Å². The van der Waals surface area contributed by atoms with Gasteiger partial charge in [0.1, 0.15) is 0 Å². The number of para-hydroxylation sites is 1. The number of thiazole rings is 1. The van der Waals surface area contributed by atoms with Crippen molar-refractivity contribution in [2.45, 2.75) is 13.5 Å². The van der Waals surface area contributed by atoms with Crippen LogP contribution in [0.15, 0.2) is 24.3 Å². The second-order valence-electron chi connectivity index (χ2n) is 5.29. The van der Waals surface area contributed by atoms with E-state index in [0.29, 0.717) is 6.54 Å². The summed E-state index contributed by atoms with van der Waals surface area (Å²) in [5, 5.41) is 14.1. The van der Waals surface area contributed by atoms with Crippen molar-refractivity contribution in [1.29, 1.82) is 0 Å². The lowest BCUT2D eigenvalue weighted by Gasteiger charge is -2.06. The Morgan fingerprint density at radius 1 is 1.41 bits per heavy atom. The maximum absolute atomic E-state index is 11.0. The summed E-state index contributed by atoms with van der Waals surface area (Å²) >= 11 is 1.64. The van der Waals surface area contributed by atoms with Gasteiger partial charge in [0, 0.05) is 25.4 Å². The number of carboxylic acids is 1. The standard InChI is InChI=1S/C15H16N4O2S/c1-9-7-11(14(20)21)17-19(9)8-10-5-4-6-12-13(10)16-15(22-12)18(2)3/h4-7H,8H2,1-3H3,(H,20,21). The molecule has 0 unspecified atom stereocenters. The zero-order valence-corrected chi connectivity index (χ0v) is 13.4. The fourth-order valence-electron chi connectivity index (χ4n) is 2.25. The third-order valence-corrected chi connectivity index (χ3v) is 4.58. The highest BCUT2D eigenvalue weighted by Gasteiger charge is 2.13. The summed E-state index contributed by atoms with van der Waals surface area (Å²) in [6, 6.07) is 7.62. The molecule has 0 saturated heterocycles. The lowest BCUT2D eigenvalue weighted by molar-refractivity contribution is 0.0689. The van der Waals surface area contributed by atoms with Gasteiger partial charge in [-0.05, 0) is 19.1 Å². The minimum atomic E-state index is -1.01. The first-order valence-corrected chi connectivity index (χ1v) is 7.61. The normalized spacial score (nSPS) is 11.0. The molecular weight excluding hydrogens is 300 g/mol. The Hall–Kier alpha value is -2.41. The van der Waals surface area contributed by atoms with Gasteiger partial charge in [0.15, 0.2) is 10.8 Å². The van der Waals surface area contributed by atoms with Gasteiger partial charge in [0.05, 0.1) is 16.8 Å². The van der Waals surface area contributed by atoms with E-state index in [1.165, 1.54) is 0 Å². The molecule has 3 aromatic rings. The Kier molecular flexibility index (Phi) is 3.58. The number of aromatic nitrogens is 3. The van der Waals surface area contributed by atoms with Crippen LogP contribution in [0.3, 0.4) is 0 Å². The van der Waals surface area contributed by atoms with Gasteiger partial charge >= 0.3 is 5.97 Å².